The first-order valence-corrected chi connectivity index (χ1v) is 9.84. The number of allylic oxidation sites excluding steroid dienone is 2. The van der Waals surface area contributed by atoms with Crippen molar-refractivity contribution >= 4 is 34.1 Å². The van der Waals surface area contributed by atoms with Crippen LogP contribution in [-0.2, 0) is 22.4 Å². The third-order valence-corrected chi connectivity index (χ3v) is 7.21. The molecule has 4 rings (SSSR count). The Morgan fingerprint density at radius 1 is 1.23 bits per heavy atom. The number of aliphatic carboxylic acids is 1. The van der Waals surface area contributed by atoms with Gasteiger partial charge in [0.25, 0.3) is 5.91 Å². The normalized spacial score (nSPS) is 31.7. The minimum atomic E-state index is -0.934. The summed E-state index contributed by atoms with van der Waals surface area (Å²) in [5.74, 6) is -2.67. The summed E-state index contributed by atoms with van der Waals surface area (Å²) in [6, 6.07) is 0. The largest absolute Gasteiger partial charge is 0.481 e. The van der Waals surface area contributed by atoms with E-state index in [1.54, 1.807) is 0 Å². The zero-order valence-corrected chi connectivity index (χ0v) is 15.3. The van der Waals surface area contributed by atoms with E-state index in [9.17, 15) is 19.5 Å². The number of nitrogens with two attached hydrogens (primary N) is 1. The summed E-state index contributed by atoms with van der Waals surface area (Å²) in [7, 11) is 0. The SMILES string of the molecule is C[C@@H]1CCc2c(sc(NC(=O)[C@H]3[C@@H](C(=O)O)[C@H]4C=C[C@H]3C4)c2C(N)=O)C1. The molecule has 0 aromatic carbocycles. The quantitative estimate of drug-likeness (QED) is 0.703. The van der Waals surface area contributed by atoms with Crippen LogP contribution < -0.4 is 11.1 Å². The molecule has 7 heteroatoms. The number of carboxylic acids is 1. The lowest BCUT2D eigenvalue weighted by molar-refractivity contribution is -0.146. The molecule has 1 aromatic rings. The summed E-state index contributed by atoms with van der Waals surface area (Å²) in [4.78, 5) is 37.7. The van der Waals surface area contributed by atoms with Crippen LogP contribution in [0.3, 0.4) is 0 Å². The fourth-order valence-electron chi connectivity index (χ4n) is 4.81. The second-order valence-electron chi connectivity index (χ2n) is 7.75. The zero-order valence-electron chi connectivity index (χ0n) is 14.5. The van der Waals surface area contributed by atoms with Gasteiger partial charge in [-0.3, -0.25) is 14.4 Å². The molecule has 0 radical (unpaired) electrons. The monoisotopic (exact) mass is 374 g/mol. The lowest BCUT2D eigenvalue weighted by Crippen LogP contribution is -2.36. The van der Waals surface area contributed by atoms with Crippen LogP contribution in [0, 0.1) is 29.6 Å². The van der Waals surface area contributed by atoms with Crippen molar-refractivity contribution in [2.75, 3.05) is 5.32 Å². The van der Waals surface area contributed by atoms with Crippen molar-refractivity contribution in [3.8, 4) is 0 Å². The first-order valence-electron chi connectivity index (χ1n) is 9.03. The molecule has 0 spiro atoms. The summed E-state index contributed by atoms with van der Waals surface area (Å²) >= 11 is 1.41. The van der Waals surface area contributed by atoms with Crippen LogP contribution in [0.25, 0.3) is 0 Å². The first-order chi connectivity index (χ1) is 12.4. The molecule has 26 heavy (non-hydrogen) atoms. The van der Waals surface area contributed by atoms with Crippen molar-refractivity contribution < 1.29 is 19.5 Å². The molecule has 2 bridgehead atoms. The predicted molar refractivity (Wildman–Crippen MR) is 98.0 cm³/mol. The Kier molecular flexibility index (Phi) is 4.14. The second-order valence-corrected chi connectivity index (χ2v) is 8.85. The van der Waals surface area contributed by atoms with E-state index in [1.807, 2.05) is 12.2 Å². The number of amides is 2. The number of carboxylic acid groups (broad SMARTS) is 1. The minimum Gasteiger partial charge on any atom is -0.481 e. The number of anilines is 1. The molecule has 0 aliphatic heterocycles. The Bertz CT molecular complexity index is 828. The van der Waals surface area contributed by atoms with Crippen molar-refractivity contribution in [1.29, 1.82) is 0 Å². The number of carbonyl (C=O) groups excluding carboxylic acids is 2. The van der Waals surface area contributed by atoms with Crippen LogP contribution in [0.15, 0.2) is 12.2 Å². The molecule has 1 saturated carbocycles. The molecule has 4 N–H and O–H groups in total. The average Bonchev–Trinajstić information content (AvgIpc) is 3.25. The first kappa shape index (κ1) is 17.3. The van der Waals surface area contributed by atoms with Crippen molar-refractivity contribution in [2.45, 2.75) is 32.6 Å². The third kappa shape index (κ3) is 2.65. The van der Waals surface area contributed by atoms with E-state index in [-0.39, 0.29) is 17.7 Å². The maximum absolute atomic E-state index is 12.9. The van der Waals surface area contributed by atoms with Crippen molar-refractivity contribution in [2.24, 2.45) is 35.3 Å². The highest BCUT2D eigenvalue weighted by molar-refractivity contribution is 7.17. The standard InChI is InChI=1S/C19H22N2O4S/c1-8-2-5-11-12(6-8)26-18(15(11)16(20)22)21-17(23)13-9-3-4-10(7-9)14(13)19(24)25/h3-4,8-10,13-14H,2,5-7H2,1H3,(H2,20,22)(H,21,23)(H,24,25)/t8-,9+,10+,13-,14+/m1/s1. The minimum absolute atomic E-state index is 0.0484. The molecule has 138 valence electrons. The van der Waals surface area contributed by atoms with Gasteiger partial charge in [-0.2, -0.15) is 0 Å². The molecule has 0 saturated heterocycles. The zero-order chi connectivity index (χ0) is 18.6. The fourth-order valence-corrected chi connectivity index (χ4v) is 6.23. The molecule has 1 aromatic heterocycles. The average molecular weight is 374 g/mol. The van der Waals surface area contributed by atoms with Crippen LogP contribution >= 0.6 is 11.3 Å². The van der Waals surface area contributed by atoms with Gasteiger partial charge in [0.1, 0.15) is 5.00 Å². The number of hydrogen-bond acceptors (Lipinski definition) is 4. The number of nitrogens with one attached hydrogen (secondary N) is 1. The summed E-state index contributed by atoms with van der Waals surface area (Å²) in [5.41, 5.74) is 6.96. The molecule has 3 aliphatic rings. The maximum Gasteiger partial charge on any atom is 0.307 e. The molecule has 1 fully saturated rings. The van der Waals surface area contributed by atoms with Crippen molar-refractivity contribution in [3.63, 3.8) is 0 Å². The molecule has 5 atom stereocenters. The van der Waals surface area contributed by atoms with Gasteiger partial charge >= 0.3 is 5.97 Å². The number of carbonyl (C=O) groups is 3. The molecule has 6 nitrogen and oxygen atoms in total. The molecule has 1 heterocycles. The third-order valence-electron chi connectivity index (χ3n) is 6.04. The molecular weight excluding hydrogens is 352 g/mol. The van der Waals surface area contributed by atoms with Gasteiger partial charge in [0, 0.05) is 4.88 Å². The van der Waals surface area contributed by atoms with E-state index >= 15 is 0 Å². The molecule has 0 unspecified atom stereocenters. The van der Waals surface area contributed by atoms with E-state index in [2.05, 4.69) is 12.2 Å². The molecule has 2 amide bonds. The highest BCUT2D eigenvalue weighted by Gasteiger charge is 2.51. The molecule has 3 aliphatic carbocycles. The summed E-state index contributed by atoms with van der Waals surface area (Å²) in [5, 5.41) is 12.9. The second kappa shape index (κ2) is 6.23. The summed E-state index contributed by atoms with van der Waals surface area (Å²) in [6.45, 7) is 2.17. The molecular formula is C19H22N2O4S. The number of primary amides is 1. The lowest BCUT2D eigenvalue weighted by atomic mass is 9.82. The summed E-state index contributed by atoms with van der Waals surface area (Å²) < 4.78 is 0. The van der Waals surface area contributed by atoms with Gasteiger partial charge in [-0.1, -0.05) is 19.1 Å². The van der Waals surface area contributed by atoms with Gasteiger partial charge in [-0.05, 0) is 49.0 Å². The Labute approximate surface area is 155 Å². The highest BCUT2D eigenvalue weighted by atomic mass is 32.1. The van der Waals surface area contributed by atoms with Gasteiger partial charge in [-0.25, -0.2) is 0 Å². The van der Waals surface area contributed by atoms with Gasteiger partial charge < -0.3 is 16.2 Å². The Morgan fingerprint density at radius 2 is 1.92 bits per heavy atom. The van der Waals surface area contributed by atoms with Crippen LogP contribution in [-0.4, -0.2) is 22.9 Å². The maximum atomic E-state index is 12.9. The predicted octanol–water partition coefficient (Wildman–Crippen LogP) is 2.43. The number of fused-ring (bicyclic) bond motifs is 3. The highest BCUT2D eigenvalue weighted by Crippen LogP contribution is 2.49. The van der Waals surface area contributed by atoms with E-state index < -0.39 is 23.7 Å². The number of thiophene rings is 1. The Hall–Kier alpha value is -2.15. The van der Waals surface area contributed by atoms with Crippen LogP contribution in [0.1, 0.15) is 40.6 Å². The van der Waals surface area contributed by atoms with E-state index in [0.717, 1.165) is 29.7 Å². The Morgan fingerprint density at radius 3 is 2.58 bits per heavy atom. The van der Waals surface area contributed by atoms with Crippen molar-refractivity contribution in [1.82, 2.24) is 0 Å². The van der Waals surface area contributed by atoms with Crippen molar-refractivity contribution in [3.05, 3.63) is 28.2 Å². The van der Waals surface area contributed by atoms with E-state index in [0.29, 0.717) is 22.9 Å². The number of hydrogen-bond donors (Lipinski definition) is 3. The topological polar surface area (TPSA) is 109 Å². The van der Waals surface area contributed by atoms with Gasteiger partial charge in [0.15, 0.2) is 0 Å². The fraction of sp³-hybridized carbons (Fsp3) is 0.526. The lowest BCUT2D eigenvalue weighted by Gasteiger charge is -2.23. The van der Waals surface area contributed by atoms with Gasteiger partial charge in [0.2, 0.25) is 5.91 Å². The smallest absolute Gasteiger partial charge is 0.307 e. The Balaban J connectivity index is 1.63. The van der Waals surface area contributed by atoms with E-state index in [1.165, 1.54) is 11.3 Å². The van der Waals surface area contributed by atoms with Crippen LogP contribution in [0.2, 0.25) is 0 Å². The van der Waals surface area contributed by atoms with Gasteiger partial charge in [0.05, 0.1) is 17.4 Å². The number of rotatable bonds is 4. The van der Waals surface area contributed by atoms with Gasteiger partial charge in [-0.15, -0.1) is 11.3 Å². The van der Waals surface area contributed by atoms with Crippen LogP contribution in [0.5, 0.6) is 0 Å². The van der Waals surface area contributed by atoms with E-state index in [4.69, 9.17) is 5.73 Å². The van der Waals surface area contributed by atoms with Crippen LogP contribution in [0.4, 0.5) is 5.00 Å². The summed E-state index contributed by atoms with van der Waals surface area (Å²) in [6.07, 6.45) is 7.23.